The van der Waals surface area contributed by atoms with Gasteiger partial charge in [0.15, 0.2) is 0 Å². The molecule has 0 radical (unpaired) electrons. The molecule has 1 N–H and O–H groups in total. The van der Waals surface area contributed by atoms with Crippen LogP contribution in [0, 0.1) is 0 Å². The fourth-order valence-electron chi connectivity index (χ4n) is 1.60. The van der Waals surface area contributed by atoms with Crippen molar-refractivity contribution in [1.29, 1.82) is 0 Å². The maximum absolute atomic E-state index is 4.33. The first kappa shape index (κ1) is 10.8. The molecule has 0 spiro atoms. The summed E-state index contributed by atoms with van der Waals surface area (Å²) in [5.74, 6) is 0. The SMILES string of the molecule is C[C@@H](NCc1ccccc1)c1ccccn1. The minimum absolute atomic E-state index is 0.279. The lowest BCUT2D eigenvalue weighted by Gasteiger charge is -2.12. The van der Waals surface area contributed by atoms with E-state index in [1.54, 1.807) is 0 Å². The molecule has 2 heteroatoms. The largest absolute Gasteiger partial charge is 0.305 e. The van der Waals surface area contributed by atoms with Gasteiger partial charge in [0, 0.05) is 18.8 Å². The number of rotatable bonds is 4. The van der Waals surface area contributed by atoms with Crippen molar-refractivity contribution in [2.75, 3.05) is 0 Å². The van der Waals surface area contributed by atoms with E-state index in [9.17, 15) is 0 Å². The molecule has 0 saturated heterocycles. The molecule has 0 saturated carbocycles. The van der Waals surface area contributed by atoms with Gasteiger partial charge < -0.3 is 5.32 Å². The third-order valence-electron chi connectivity index (χ3n) is 2.59. The fraction of sp³-hybridized carbons (Fsp3) is 0.214. The van der Waals surface area contributed by atoms with Gasteiger partial charge in [-0.25, -0.2) is 0 Å². The van der Waals surface area contributed by atoms with E-state index in [4.69, 9.17) is 0 Å². The average molecular weight is 212 g/mol. The van der Waals surface area contributed by atoms with Gasteiger partial charge in [0.2, 0.25) is 0 Å². The topological polar surface area (TPSA) is 24.9 Å². The smallest absolute Gasteiger partial charge is 0.0570 e. The van der Waals surface area contributed by atoms with Crippen molar-refractivity contribution < 1.29 is 0 Å². The molecule has 2 nitrogen and oxygen atoms in total. The Morgan fingerprint density at radius 3 is 2.50 bits per heavy atom. The van der Waals surface area contributed by atoms with Crippen molar-refractivity contribution in [2.24, 2.45) is 0 Å². The highest BCUT2D eigenvalue weighted by Crippen LogP contribution is 2.09. The van der Waals surface area contributed by atoms with Crippen LogP contribution in [0.15, 0.2) is 54.7 Å². The second kappa shape index (κ2) is 5.42. The van der Waals surface area contributed by atoms with E-state index in [2.05, 4.69) is 41.5 Å². The molecule has 82 valence electrons. The molecule has 1 atom stereocenters. The Morgan fingerprint density at radius 2 is 1.81 bits per heavy atom. The molecule has 1 aromatic heterocycles. The summed E-state index contributed by atoms with van der Waals surface area (Å²) in [5.41, 5.74) is 2.38. The van der Waals surface area contributed by atoms with Gasteiger partial charge in [-0.05, 0) is 24.6 Å². The molecular formula is C14H16N2. The van der Waals surface area contributed by atoms with E-state index in [1.807, 2.05) is 30.5 Å². The number of aromatic nitrogens is 1. The lowest BCUT2D eigenvalue weighted by Crippen LogP contribution is -2.18. The monoisotopic (exact) mass is 212 g/mol. The third kappa shape index (κ3) is 2.91. The van der Waals surface area contributed by atoms with Gasteiger partial charge in [-0.1, -0.05) is 36.4 Å². The van der Waals surface area contributed by atoms with E-state index in [-0.39, 0.29) is 6.04 Å². The molecule has 1 aromatic carbocycles. The van der Waals surface area contributed by atoms with E-state index < -0.39 is 0 Å². The maximum atomic E-state index is 4.33. The first-order valence-corrected chi connectivity index (χ1v) is 5.54. The molecule has 1 heterocycles. The Morgan fingerprint density at radius 1 is 1.06 bits per heavy atom. The first-order valence-electron chi connectivity index (χ1n) is 5.54. The van der Waals surface area contributed by atoms with Crippen molar-refractivity contribution in [3.63, 3.8) is 0 Å². The fourth-order valence-corrected chi connectivity index (χ4v) is 1.60. The number of nitrogens with one attached hydrogen (secondary N) is 1. The van der Waals surface area contributed by atoms with Crippen molar-refractivity contribution in [3.8, 4) is 0 Å². The van der Waals surface area contributed by atoms with Gasteiger partial charge in [-0.15, -0.1) is 0 Å². The summed E-state index contributed by atoms with van der Waals surface area (Å²) in [7, 11) is 0. The van der Waals surface area contributed by atoms with Crippen LogP contribution in [-0.2, 0) is 6.54 Å². The van der Waals surface area contributed by atoms with Gasteiger partial charge in [0.05, 0.1) is 5.69 Å². The zero-order chi connectivity index (χ0) is 11.2. The van der Waals surface area contributed by atoms with Gasteiger partial charge in [0.1, 0.15) is 0 Å². The van der Waals surface area contributed by atoms with E-state index in [0.717, 1.165) is 12.2 Å². The molecular weight excluding hydrogens is 196 g/mol. The maximum Gasteiger partial charge on any atom is 0.0570 e. The molecule has 16 heavy (non-hydrogen) atoms. The molecule has 0 bridgehead atoms. The predicted molar refractivity (Wildman–Crippen MR) is 65.9 cm³/mol. The highest BCUT2D eigenvalue weighted by Gasteiger charge is 2.04. The lowest BCUT2D eigenvalue weighted by atomic mass is 10.2. The summed E-state index contributed by atoms with van der Waals surface area (Å²) >= 11 is 0. The van der Waals surface area contributed by atoms with Crippen LogP contribution >= 0.6 is 0 Å². The molecule has 0 aliphatic carbocycles. The van der Waals surface area contributed by atoms with Crippen molar-refractivity contribution in [3.05, 3.63) is 66.0 Å². The summed E-state index contributed by atoms with van der Waals surface area (Å²) in [6.45, 7) is 3.00. The third-order valence-corrected chi connectivity index (χ3v) is 2.59. The van der Waals surface area contributed by atoms with Gasteiger partial charge >= 0.3 is 0 Å². The minimum atomic E-state index is 0.279. The van der Waals surface area contributed by atoms with Crippen molar-refractivity contribution in [2.45, 2.75) is 19.5 Å². The van der Waals surface area contributed by atoms with Crippen LogP contribution in [0.4, 0.5) is 0 Å². The van der Waals surface area contributed by atoms with Crippen LogP contribution in [0.3, 0.4) is 0 Å². The Bertz CT molecular complexity index is 411. The Kier molecular flexibility index (Phi) is 3.67. The van der Waals surface area contributed by atoms with Crippen LogP contribution in [0.1, 0.15) is 24.2 Å². The minimum Gasteiger partial charge on any atom is -0.305 e. The quantitative estimate of drug-likeness (QED) is 0.842. The van der Waals surface area contributed by atoms with E-state index in [0.29, 0.717) is 0 Å². The summed E-state index contributed by atoms with van der Waals surface area (Å²) < 4.78 is 0. The second-order valence-electron chi connectivity index (χ2n) is 3.84. The molecule has 2 aromatic rings. The Labute approximate surface area is 96.4 Å². The van der Waals surface area contributed by atoms with Crippen LogP contribution in [-0.4, -0.2) is 4.98 Å². The summed E-state index contributed by atoms with van der Waals surface area (Å²) in [5, 5.41) is 3.45. The molecule has 0 aliphatic heterocycles. The van der Waals surface area contributed by atoms with Crippen LogP contribution < -0.4 is 5.32 Å². The van der Waals surface area contributed by atoms with Crippen LogP contribution in [0.2, 0.25) is 0 Å². The highest BCUT2D eigenvalue weighted by atomic mass is 14.9. The van der Waals surface area contributed by atoms with Gasteiger partial charge in [-0.3, -0.25) is 4.98 Å². The normalized spacial score (nSPS) is 12.3. The zero-order valence-electron chi connectivity index (χ0n) is 9.43. The Balaban J connectivity index is 1.92. The standard InChI is InChI=1S/C14H16N2/c1-12(14-9-5-6-10-15-14)16-11-13-7-3-2-4-8-13/h2-10,12,16H,11H2,1H3/t12-/m1/s1. The Hall–Kier alpha value is -1.67. The lowest BCUT2D eigenvalue weighted by molar-refractivity contribution is 0.561. The highest BCUT2D eigenvalue weighted by molar-refractivity contribution is 5.15. The number of nitrogens with zero attached hydrogens (tertiary/aromatic N) is 1. The molecule has 0 fully saturated rings. The number of pyridine rings is 1. The summed E-state index contributed by atoms with van der Waals surface area (Å²) in [6, 6.07) is 16.7. The van der Waals surface area contributed by atoms with Crippen LogP contribution in [0.5, 0.6) is 0 Å². The summed E-state index contributed by atoms with van der Waals surface area (Å²) in [6.07, 6.45) is 1.83. The van der Waals surface area contributed by atoms with Gasteiger partial charge in [-0.2, -0.15) is 0 Å². The molecule has 0 unspecified atom stereocenters. The number of hydrogen-bond donors (Lipinski definition) is 1. The molecule has 0 aliphatic rings. The van der Waals surface area contributed by atoms with Gasteiger partial charge in [0.25, 0.3) is 0 Å². The van der Waals surface area contributed by atoms with E-state index >= 15 is 0 Å². The van der Waals surface area contributed by atoms with Crippen molar-refractivity contribution >= 4 is 0 Å². The predicted octanol–water partition coefficient (Wildman–Crippen LogP) is 2.93. The molecule has 2 rings (SSSR count). The number of benzene rings is 1. The summed E-state index contributed by atoms with van der Waals surface area (Å²) in [4.78, 5) is 4.33. The van der Waals surface area contributed by atoms with Crippen molar-refractivity contribution in [1.82, 2.24) is 10.3 Å². The zero-order valence-corrected chi connectivity index (χ0v) is 9.43. The molecule has 0 amide bonds. The first-order chi connectivity index (χ1) is 7.86. The number of hydrogen-bond acceptors (Lipinski definition) is 2. The van der Waals surface area contributed by atoms with Crippen LogP contribution in [0.25, 0.3) is 0 Å². The van der Waals surface area contributed by atoms with E-state index in [1.165, 1.54) is 5.56 Å². The second-order valence-corrected chi connectivity index (χ2v) is 3.84. The average Bonchev–Trinajstić information content (AvgIpc) is 2.38.